The maximum Gasteiger partial charge on any atom is 0.150 e. The highest BCUT2D eigenvalue weighted by atomic mass is 19.1. The van der Waals surface area contributed by atoms with Gasteiger partial charge in [-0.05, 0) is 43.9 Å². The molecule has 1 saturated carbocycles. The number of benzene rings is 1. The fourth-order valence-electron chi connectivity index (χ4n) is 2.61. The van der Waals surface area contributed by atoms with Crippen LogP contribution in [0.15, 0.2) is 18.3 Å². The topological polar surface area (TPSA) is 27.8 Å². The van der Waals surface area contributed by atoms with Gasteiger partial charge in [-0.15, -0.1) is 0 Å². The minimum absolute atomic E-state index is 0.406. The van der Waals surface area contributed by atoms with Crippen molar-refractivity contribution < 1.29 is 8.78 Å². The van der Waals surface area contributed by atoms with E-state index in [0.717, 1.165) is 31.0 Å². The SMILES string of the molecule is Fc1cc(F)c2[nH]cc(CCCNC3CCC3)c2c1. The molecule has 2 aromatic rings. The molecule has 0 unspecified atom stereocenters. The molecular formula is C15H18F2N2. The van der Waals surface area contributed by atoms with Gasteiger partial charge < -0.3 is 10.3 Å². The summed E-state index contributed by atoms with van der Waals surface area (Å²) in [5.74, 6) is -1.03. The van der Waals surface area contributed by atoms with E-state index in [1.807, 2.05) is 0 Å². The van der Waals surface area contributed by atoms with Gasteiger partial charge in [0.15, 0.2) is 0 Å². The van der Waals surface area contributed by atoms with Gasteiger partial charge in [-0.3, -0.25) is 0 Å². The summed E-state index contributed by atoms with van der Waals surface area (Å²) in [4.78, 5) is 2.89. The van der Waals surface area contributed by atoms with Gasteiger partial charge in [-0.25, -0.2) is 8.78 Å². The maximum atomic E-state index is 13.5. The van der Waals surface area contributed by atoms with Crippen LogP contribution in [0.3, 0.4) is 0 Å². The number of halogens is 2. The van der Waals surface area contributed by atoms with Crippen molar-refractivity contribution >= 4 is 10.9 Å². The van der Waals surface area contributed by atoms with Crippen LogP contribution in [0.2, 0.25) is 0 Å². The van der Waals surface area contributed by atoms with E-state index in [4.69, 9.17) is 0 Å². The second-order valence-corrected chi connectivity index (χ2v) is 5.31. The highest BCUT2D eigenvalue weighted by Crippen LogP contribution is 2.23. The molecule has 1 heterocycles. The van der Waals surface area contributed by atoms with Gasteiger partial charge in [0.2, 0.25) is 0 Å². The molecule has 3 rings (SSSR count). The van der Waals surface area contributed by atoms with Gasteiger partial charge in [0.05, 0.1) is 5.52 Å². The first-order valence-corrected chi connectivity index (χ1v) is 6.92. The molecule has 1 fully saturated rings. The third-order valence-electron chi connectivity index (χ3n) is 3.95. The fourth-order valence-corrected chi connectivity index (χ4v) is 2.61. The smallest absolute Gasteiger partial charge is 0.150 e. The molecule has 0 radical (unpaired) electrons. The Balaban J connectivity index is 1.63. The minimum Gasteiger partial charge on any atom is -0.359 e. The lowest BCUT2D eigenvalue weighted by molar-refractivity contribution is 0.339. The number of aromatic amines is 1. The first-order chi connectivity index (χ1) is 9.24. The fraction of sp³-hybridized carbons (Fsp3) is 0.467. The van der Waals surface area contributed by atoms with Crippen molar-refractivity contribution in [1.82, 2.24) is 10.3 Å². The van der Waals surface area contributed by atoms with Gasteiger partial charge in [0, 0.05) is 23.7 Å². The molecule has 0 bridgehead atoms. The monoisotopic (exact) mass is 264 g/mol. The summed E-state index contributed by atoms with van der Waals surface area (Å²) in [6, 6.07) is 3.02. The summed E-state index contributed by atoms with van der Waals surface area (Å²) in [5, 5.41) is 4.16. The number of hydrogen-bond donors (Lipinski definition) is 2. The highest BCUT2D eigenvalue weighted by Gasteiger charge is 2.16. The second-order valence-electron chi connectivity index (χ2n) is 5.31. The lowest BCUT2D eigenvalue weighted by Crippen LogP contribution is -2.35. The van der Waals surface area contributed by atoms with Crippen LogP contribution in [0.25, 0.3) is 10.9 Å². The Labute approximate surface area is 111 Å². The number of rotatable bonds is 5. The van der Waals surface area contributed by atoms with E-state index in [0.29, 0.717) is 16.9 Å². The van der Waals surface area contributed by atoms with E-state index in [2.05, 4.69) is 10.3 Å². The second kappa shape index (κ2) is 5.29. The van der Waals surface area contributed by atoms with Crippen LogP contribution in [-0.2, 0) is 6.42 Å². The first kappa shape index (κ1) is 12.6. The molecule has 1 aromatic heterocycles. The normalized spacial score (nSPS) is 15.9. The largest absolute Gasteiger partial charge is 0.359 e. The molecule has 0 saturated heterocycles. The van der Waals surface area contributed by atoms with E-state index < -0.39 is 11.6 Å². The first-order valence-electron chi connectivity index (χ1n) is 6.92. The lowest BCUT2D eigenvalue weighted by Gasteiger charge is -2.26. The Kier molecular flexibility index (Phi) is 3.51. The molecule has 102 valence electrons. The van der Waals surface area contributed by atoms with E-state index in [-0.39, 0.29) is 0 Å². The Morgan fingerprint density at radius 1 is 1.26 bits per heavy atom. The average Bonchev–Trinajstić information content (AvgIpc) is 2.70. The van der Waals surface area contributed by atoms with E-state index in [1.54, 1.807) is 6.20 Å². The highest BCUT2D eigenvalue weighted by molar-refractivity contribution is 5.83. The van der Waals surface area contributed by atoms with Crippen LogP contribution in [0.1, 0.15) is 31.2 Å². The summed E-state index contributed by atoms with van der Waals surface area (Å²) < 4.78 is 26.8. The predicted molar refractivity (Wildman–Crippen MR) is 72.2 cm³/mol. The molecule has 2 N–H and O–H groups in total. The maximum absolute atomic E-state index is 13.5. The molecule has 1 aromatic carbocycles. The number of aromatic nitrogens is 1. The third-order valence-corrected chi connectivity index (χ3v) is 3.95. The van der Waals surface area contributed by atoms with Gasteiger partial charge in [0.25, 0.3) is 0 Å². The van der Waals surface area contributed by atoms with E-state index >= 15 is 0 Å². The molecule has 0 amide bonds. The average molecular weight is 264 g/mol. The van der Waals surface area contributed by atoms with Crippen LogP contribution in [0.4, 0.5) is 8.78 Å². The van der Waals surface area contributed by atoms with Crippen molar-refractivity contribution in [3.05, 3.63) is 35.5 Å². The Bertz CT molecular complexity index is 573. The third kappa shape index (κ3) is 2.63. The molecule has 19 heavy (non-hydrogen) atoms. The van der Waals surface area contributed by atoms with Crippen molar-refractivity contribution in [3.8, 4) is 0 Å². The van der Waals surface area contributed by atoms with E-state index in [1.165, 1.54) is 25.3 Å². The zero-order chi connectivity index (χ0) is 13.2. The van der Waals surface area contributed by atoms with Crippen molar-refractivity contribution in [2.24, 2.45) is 0 Å². The number of nitrogens with one attached hydrogen (secondary N) is 2. The van der Waals surface area contributed by atoms with Crippen LogP contribution >= 0.6 is 0 Å². The number of fused-ring (bicyclic) bond motifs is 1. The van der Waals surface area contributed by atoms with Crippen molar-refractivity contribution in [3.63, 3.8) is 0 Å². The molecule has 2 nitrogen and oxygen atoms in total. The number of H-pyrrole nitrogens is 1. The van der Waals surface area contributed by atoms with Gasteiger partial charge in [-0.1, -0.05) is 6.42 Å². The molecule has 4 heteroatoms. The zero-order valence-electron chi connectivity index (χ0n) is 10.8. The molecular weight excluding hydrogens is 246 g/mol. The van der Waals surface area contributed by atoms with Crippen LogP contribution in [-0.4, -0.2) is 17.6 Å². The Hall–Kier alpha value is -1.42. The van der Waals surface area contributed by atoms with Crippen LogP contribution < -0.4 is 5.32 Å². The number of aryl methyl sites for hydroxylation is 1. The summed E-state index contributed by atoms with van der Waals surface area (Å²) in [6.07, 6.45) is 7.51. The number of hydrogen-bond acceptors (Lipinski definition) is 1. The van der Waals surface area contributed by atoms with Crippen molar-refractivity contribution in [2.75, 3.05) is 6.54 Å². The van der Waals surface area contributed by atoms with Crippen LogP contribution in [0, 0.1) is 11.6 Å². The summed E-state index contributed by atoms with van der Waals surface area (Å²) in [5.41, 5.74) is 1.40. The Morgan fingerprint density at radius 3 is 2.84 bits per heavy atom. The molecule has 1 aliphatic rings. The zero-order valence-corrected chi connectivity index (χ0v) is 10.8. The van der Waals surface area contributed by atoms with Crippen molar-refractivity contribution in [2.45, 2.75) is 38.1 Å². The molecule has 0 aliphatic heterocycles. The van der Waals surface area contributed by atoms with E-state index in [9.17, 15) is 8.78 Å². The van der Waals surface area contributed by atoms with Crippen LogP contribution in [0.5, 0.6) is 0 Å². The predicted octanol–water partition coefficient (Wildman–Crippen LogP) is 3.52. The lowest BCUT2D eigenvalue weighted by atomic mass is 9.93. The van der Waals surface area contributed by atoms with Gasteiger partial charge in [-0.2, -0.15) is 0 Å². The quantitative estimate of drug-likeness (QED) is 0.794. The minimum atomic E-state index is -0.520. The molecule has 1 aliphatic carbocycles. The van der Waals surface area contributed by atoms with Gasteiger partial charge in [0.1, 0.15) is 11.6 Å². The van der Waals surface area contributed by atoms with Gasteiger partial charge >= 0.3 is 0 Å². The molecule has 0 atom stereocenters. The summed E-state index contributed by atoms with van der Waals surface area (Å²) in [7, 11) is 0. The standard InChI is InChI=1S/C15H18F2N2/c16-11-7-13-10(9-19-15(13)14(17)8-11)3-2-6-18-12-4-1-5-12/h7-9,12,18-19H,1-6H2. The Morgan fingerprint density at radius 2 is 2.11 bits per heavy atom. The van der Waals surface area contributed by atoms with Crippen molar-refractivity contribution in [1.29, 1.82) is 0 Å². The summed E-state index contributed by atoms with van der Waals surface area (Å²) in [6.45, 7) is 0.967. The summed E-state index contributed by atoms with van der Waals surface area (Å²) >= 11 is 0. The molecule has 0 spiro atoms.